The number of sulfone groups is 1. The molecule has 0 aliphatic heterocycles. The minimum Gasteiger partial charge on any atom is -0.495 e. The standard InChI is InChI=1S/C12H16O6S/c1-18-10-5-4-9(12(14)15)8-11(10)19(16,17)7-3-2-6-13/h4-5,8,13H,2-3,6-7H2,1H3,(H,14,15). The summed E-state index contributed by atoms with van der Waals surface area (Å²) in [5.41, 5.74) is -0.110. The highest BCUT2D eigenvalue weighted by Gasteiger charge is 2.21. The molecule has 1 rings (SSSR count). The van der Waals surface area contributed by atoms with Gasteiger partial charge in [0.2, 0.25) is 0 Å². The number of hydrogen-bond donors (Lipinski definition) is 2. The lowest BCUT2D eigenvalue weighted by atomic mass is 10.2. The summed E-state index contributed by atoms with van der Waals surface area (Å²) in [6.45, 7) is -0.0815. The van der Waals surface area contributed by atoms with E-state index in [4.69, 9.17) is 14.9 Å². The molecule has 0 saturated carbocycles. The number of unbranched alkanes of at least 4 members (excludes halogenated alkanes) is 1. The van der Waals surface area contributed by atoms with Crippen molar-refractivity contribution in [3.63, 3.8) is 0 Å². The van der Waals surface area contributed by atoms with Gasteiger partial charge in [-0.1, -0.05) is 0 Å². The largest absolute Gasteiger partial charge is 0.495 e. The molecule has 2 N–H and O–H groups in total. The number of aromatic carboxylic acids is 1. The minimum atomic E-state index is -3.63. The smallest absolute Gasteiger partial charge is 0.335 e. The van der Waals surface area contributed by atoms with E-state index in [1.807, 2.05) is 0 Å². The van der Waals surface area contributed by atoms with E-state index < -0.39 is 15.8 Å². The van der Waals surface area contributed by atoms with Crippen molar-refractivity contribution < 1.29 is 28.2 Å². The van der Waals surface area contributed by atoms with Crippen molar-refractivity contribution in [2.24, 2.45) is 0 Å². The molecule has 6 nitrogen and oxygen atoms in total. The number of aliphatic hydroxyl groups is 1. The monoisotopic (exact) mass is 288 g/mol. The molecule has 0 fully saturated rings. The summed E-state index contributed by atoms with van der Waals surface area (Å²) >= 11 is 0. The van der Waals surface area contributed by atoms with Crippen molar-refractivity contribution in [1.29, 1.82) is 0 Å². The average molecular weight is 288 g/mol. The second-order valence-electron chi connectivity index (χ2n) is 3.92. The molecule has 0 aliphatic carbocycles. The van der Waals surface area contributed by atoms with Crippen molar-refractivity contribution in [3.8, 4) is 5.75 Å². The van der Waals surface area contributed by atoms with Gasteiger partial charge < -0.3 is 14.9 Å². The maximum atomic E-state index is 12.1. The van der Waals surface area contributed by atoms with E-state index >= 15 is 0 Å². The van der Waals surface area contributed by atoms with Crippen LogP contribution in [0, 0.1) is 0 Å². The van der Waals surface area contributed by atoms with Crippen LogP contribution in [-0.2, 0) is 9.84 Å². The second kappa shape index (κ2) is 6.53. The molecular weight excluding hydrogens is 272 g/mol. The van der Waals surface area contributed by atoms with E-state index in [-0.39, 0.29) is 28.6 Å². The van der Waals surface area contributed by atoms with Gasteiger partial charge in [-0.25, -0.2) is 13.2 Å². The molecule has 0 spiro atoms. The maximum Gasteiger partial charge on any atom is 0.335 e. The molecule has 0 bridgehead atoms. The first-order valence-electron chi connectivity index (χ1n) is 5.67. The normalized spacial score (nSPS) is 11.3. The maximum absolute atomic E-state index is 12.1. The highest BCUT2D eigenvalue weighted by Crippen LogP contribution is 2.26. The number of methoxy groups -OCH3 is 1. The Morgan fingerprint density at radius 1 is 1.32 bits per heavy atom. The number of aliphatic hydroxyl groups excluding tert-OH is 1. The van der Waals surface area contributed by atoms with Crippen molar-refractivity contribution in [2.75, 3.05) is 19.5 Å². The van der Waals surface area contributed by atoms with Crippen molar-refractivity contribution in [1.82, 2.24) is 0 Å². The van der Waals surface area contributed by atoms with Crippen LogP contribution in [0.4, 0.5) is 0 Å². The fraction of sp³-hybridized carbons (Fsp3) is 0.417. The molecule has 0 aliphatic rings. The fourth-order valence-electron chi connectivity index (χ4n) is 1.57. The van der Waals surface area contributed by atoms with Gasteiger partial charge in [0.1, 0.15) is 10.6 Å². The molecule has 0 heterocycles. The summed E-state index contributed by atoms with van der Waals surface area (Å²) in [5.74, 6) is -1.24. The summed E-state index contributed by atoms with van der Waals surface area (Å²) in [7, 11) is -2.31. The second-order valence-corrected chi connectivity index (χ2v) is 6.00. The van der Waals surface area contributed by atoms with Crippen LogP contribution < -0.4 is 4.74 Å². The Morgan fingerprint density at radius 2 is 2.00 bits per heavy atom. The predicted octanol–water partition coefficient (Wildman–Crippen LogP) is 0.940. The first-order chi connectivity index (χ1) is 8.92. The van der Waals surface area contributed by atoms with Crippen LogP contribution in [-0.4, -0.2) is 44.1 Å². The molecule has 0 amide bonds. The molecule has 19 heavy (non-hydrogen) atoms. The van der Waals surface area contributed by atoms with Gasteiger partial charge >= 0.3 is 5.97 Å². The minimum absolute atomic E-state index is 0.0815. The Labute approximate surface area is 111 Å². The third kappa shape index (κ3) is 3.93. The Balaban J connectivity index is 3.15. The van der Waals surface area contributed by atoms with E-state index in [0.717, 1.165) is 6.07 Å². The van der Waals surface area contributed by atoms with Gasteiger partial charge in [-0.05, 0) is 31.0 Å². The zero-order valence-electron chi connectivity index (χ0n) is 10.5. The third-order valence-corrected chi connectivity index (χ3v) is 4.38. The van der Waals surface area contributed by atoms with E-state index in [9.17, 15) is 13.2 Å². The van der Waals surface area contributed by atoms with Crippen molar-refractivity contribution in [3.05, 3.63) is 23.8 Å². The van der Waals surface area contributed by atoms with Gasteiger partial charge in [0.05, 0.1) is 18.4 Å². The Bertz CT molecular complexity index is 549. The summed E-state index contributed by atoms with van der Waals surface area (Å²) in [5, 5.41) is 17.5. The SMILES string of the molecule is COc1ccc(C(=O)O)cc1S(=O)(=O)CCCCO. The molecule has 0 aromatic heterocycles. The van der Waals surface area contributed by atoms with Crippen LogP contribution in [0.25, 0.3) is 0 Å². The first kappa shape index (κ1) is 15.5. The highest BCUT2D eigenvalue weighted by molar-refractivity contribution is 7.91. The zero-order chi connectivity index (χ0) is 14.5. The molecule has 1 aromatic carbocycles. The van der Waals surface area contributed by atoms with Crippen LogP contribution in [0.2, 0.25) is 0 Å². The van der Waals surface area contributed by atoms with Crippen LogP contribution >= 0.6 is 0 Å². The quantitative estimate of drug-likeness (QED) is 0.724. The molecular formula is C12H16O6S. The summed E-state index contributed by atoms with van der Waals surface area (Å²) in [4.78, 5) is 10.7. The van der Waals surface area contributed by atoms with Gasteiger partial charge in [0, 0.05) is 6.61 Å². The average Bonchev–Trinajstić information content (AvgIpc) is 2.38. The molecule has 7 heteroatoms. The number of benzene rings is 1. The van der Waals surface area contributed by atoms with E-state index in [2.05, 4.69) is 0 Å². The van der Waals surface area contributed by atoms with Gasteiger partial charge in [-0.2, -0.15) is 0 Å². The zero-order valence-corrected chi connectivity index (χ0v) is 11.3. The van der Waals surface area contributed by atoms with E-state index in [1.54, 1.807) is 0 Å². The topological polar surface area (TPSA) is 101 Å². The lowest BCUT2D eigenvalue weighted by Crippen LogP contribution is -2.10. The summed E-state index contributed by atoms with van der Waals surface area (Å²) in [6, 6.07) is 3.70. The molecule has 0 atom stereocenters. The first-order valence-corrected chi connectivity index (χ1v) is 7.32. The number of ether oxygens (including phenoxy) is 1. The van der Waals surface area contributed by atoms with Crippen LogP contribution in [0.15, 0.2) is 23.1 Å². The van der Waals surface area contributed by atoms with Crippen LogP contribution in [0.5, 0.6) is 5.75 Å². The highest BCUT2D eigenvalue weighted by atomic mass is 32.2. The number of carboxylic acids is 1. The van der Waals surface area contributed by atoms with Gasteiger partial charge in [-0.3, -0.25) is 0 Å². The van der Waals surface area contributed by atoms with Gasteiger partial charge in [0.15, 0.2) is 9.84 Å². The lowest BCUT2D eigenvalue weighted by Gasteiger charge is -2.10. The van der Waals surface area contributed by atoms with Crippen molar-refractivity contribution >= 4 is 15.8 Å². The number of carboxylic acid groups (broad SMARTS) is 1. The number of hydrogen-bond acceptors (Lipinski definition) is 5. The third-order valence-electron chi connectivity index (χ3n) is 2.57. The summed E-state index contributed by atoms with van der Waals surface area (Å²) < 4.78 is 29.2. The predicted molar refractivity (Wildman–Crippen MR) is 68.3 cm³/mol. The molecule has 1 aromatic rings. The Morgan fingerprint density at radius 3 is 2.53 bits per heavy atom. The van der Waals surface area contributed by atoms with Crippen molar-refractivity contribution in [2.45, 2.75) is 17.7 Å². The van der Waals surface area contributed by atoms with Gasteiger partial charge in [0.25, 0.3) is 0 Å². The van der Waals surface area contributed by atoms with E-state index in [1.165, 1.54) is 19.2 Å². The summed E-state index contributed by atoms with van der Waals surface area (Å²) in [6.07, 6.45) is 0.680. The Hall–Kier alpha value is -1.60. The van der Waals surface area contributed by atoms with E-state index in [0.29, 0.717) is 12.8 Å². The Kier molecular flexibility index (Phi) is 5.31. The fourth-order valence-corrected chi connectivity index (χ4v) is 3.14. The number of rotatable bonds is 7. The number of carbonyl (C=O) groups is 1. The molecule has 106 valence electrons. The molecule has 0 radical (unpaired) electrons. The van der Waals surface area contributed by atoms with Gasteiger partial charge in [-0.15, -0.1) is 0 Å². The molecule has 0 saturated heterocycles. The van der Waals surface area contributed by atoms with Crippen LogP contribution in [0.3, 0.4) is 0 Å². The molecule has 0 unspecified atom stereocenters. The van der Waals surface area contributed by atoms with Crippen LogP contribution in [0.1, 0.15) is 23.2 Å². The lowest BCUT2D eigenvalue weighted by molar-refractivity contribution is 0.0696.